The Kier molecular flexibility index (Phi) is 8.78. The van der Waals surface area contributed by atoms with Crippen LogP contribution in [0, 0.1) is 0 Å². The van der Waals surface area contributed by atoms with E-state index in [2.05, 4.69) is 26.6 Å². The number of hydrogen-bond acceptors (Lipinski definition) is 4. The second kappa shape index (κ2) is 12.0. The van der Waals surface area contributed by atoms with Crippen LogP contribution in [0.2, 0.25) is 0 Å². The van der Waals surface area contributed by atoms with E-state index in [-0.39, 0.29) is 18.5 Å². The maximum absolute atomic E-state index is 12.8. The largest absolute Gasteiger partial charge is 0.495 e. The number of ether oxygens (including phenoxy) is 1. The lowest BCUT2D eigenvalue weighted by Gasteiger charge is -2.22. The van der Waals surface area contributed by atoms with Crippen LogP contribution in [0.1, 0.15) is 25.8 Å². The highest BCUT2D eigenvalue weighted by Crippen LogP contribution is 2.30. The van der Waals surface area contributed by atoms with Gasteiger partial charge in [-0.15, -0.1) is 0 Å². The Morgan fingerprint density at radius 3 is 2.62 bits per heavy atom. The molecule has 2 N–H and O–H groups in total. The standard InChI is InChI=1S/C25H35N5O2/c1-4-26-25(27-17-24(31)29(5-2)18-20-11-7-6-8-12-20)28-21-15-16-30(19-21)22-13-9-10-14-23(22)32-3/h6-14,21H,4-5,15-19H2,1-3H3,(H2,26,27,28). The van der Waals surface area contributed by atoms with Gasteiger partial charge in [-0.3, -0.25) is 4.79 Å². The van der Waals surface area contributed by atoms with Gasteiger partial charge in [0.15, 0.2) is 5.96 Å². The molecule has 0 bridgehead atoms. The third-order valence-corrected chi connectivity index (χ3v) is 5.62. The summed E-state index contributed by atoms with van der Waals surface area (Å²) in [6, 6.07) is 18.4. The first-order valence-corrected chi connectivity index (χ1v) is 11.4. The van der Waals surface area contributed by atoms with E-state index in [1.165, 1.54) is 0 Å². The summed E-state index contributed by atoms with van der Waals surface area (Å²) in [5.41, 5.74) is 2.23. The smallest absolute Gasteiger partial charge is 0.244 e. The number of carbonyl (C=O) groups is 1. The SMILES string of the molecule is CCNC(=NCC(=O)N(CC)Cc1ccccc1)NC1CCN(c2ccccc2OC)C1. The average molecular weight is 438 g/mol. The van der Waals surface area contributed by atoms with Crippen molar-refractivity contribution in [1.82, 2.24) is 15.5 Å². The van der Waals surface area contributed by atoms with Crippen molar-refractivity contribution in [1.29, 1.82) is 0 Å². The molecule has 0 radical (unpaired) electrons. The molecule has 2 aromatic carbocycles. The van der Waals surface area contributed by atoms with Gasteiger partial charge in [0.2, 0.25) is 5.91 Å². The van der Waals surface area contributed by atoms with E-state index >= 15 is 0 Å². The van der Waals surface area contributed by atoms with Crippen LogP contribution in [0.25, 0.3) is 0 Å². The Bertz CT molecular complexity index is 887. The van der Waals surface area contributed by atoms with Crippen LogP contribution >= 0.6 is 0 Å². The van der Waals surface area contributed by atoms with Gasteiger partial charge in [-0.2, -0.15) is 0 Å². The van der Waals surface area contributed by atoms with E-state index in [0.29, 0.717) is 19.0 Å². The van der Waals surface area contributed by atoms with Gasteiger partial charge in [-0.1, -0.05) is 42.5 Å². The van der Waals surface area contributed by atoms with Crippen molar-refractivity contribution in [3.63, 3.8) is 0 Å². The van der Waals surface area contributed by atoms with Crippen molar-refractivity contribution in [3.8, 4) is 5.75 Å². The van der Waals surface area contributed by atoms with E-state index in [9.17, 15) is 4.79 Å². The van der Waals surface area contributed by atoms with Crippen LogP contribution in [0.3, 0.4) is 0 Å². The van der Waals surface area contributed by atoms with E-state index < -0.39 is 0 Å². The zero-order valence-corrected chi connectivity index (χ0v) is 19.4. The summed E-state index contributed by atoms with van der Waals surface area (Å²) in [7, 11) is 1.70. The minimum atomic E-state index is 0.0237. The van der Waals surface area contributed by atoms with E-state index in [1.54, 1.807) is 7.11 Å². The molecule has 1 heterocycles. The molecular weight excluding hydrogens is 402 g/mol. The first-order chi connectivity index (χ1) is 15.6. The normalized spacial score (nSPS) is 16.0. The average Bonchev–Trinajstić information content (AvgIpc) is 3.29. The number of hydrogen-bond donors (Lipinski definition) is 2. The van der Waals surface area contributed by atoms with Crippen molar-refractivity contribution < 1.29 is 9.53 Å². The van der Waals surface area contributed by atoms with Crippen LogP contribution in [0.5, 0.6) is 5.75 Å². The number of amides is 1. The molecule has 1 saturated heterocycles. The first kappa shape index (κ1) is 23.4. The maximum atomic E-state index is 12.8. The molecule has 32 heavy (non-hydrogen) atoms. The second-order valence-electron chi connectivity index (χ2n) is 7.84. The molecule has 1 amide bonds. The van der Waals surface area contributed by atoms with Crippen LogP contribution in [-0.2, 0) is 11.3 Å². The molecule has 1 atom stereocenters. The molecule has 7 heteroatoms. The number of methoxy groups -OCH3 is 1. The highest BCUT2D eigenvalue weighted by molar-refractivity contribution is 5.85. The van der Waals surface area contributed by atoms with Gasteiger partial charge in [0.25, 0.3) is 0 Å². The molecule has 1 fully saturated rings. The number of likely N-dealkylation sites (N-methyl/N-ethyl adjacent to an activating group) is 1. The van der Waals surface area contributed by atoms with Crippen LogP contribution in [0.15, 0.2) is 59.6 Å². The summed E-state index contributed by atoms with van der Waals surface area (Å²) in [6.07, 6.45) is 0.992. The van der Waals surface area contributed by atoms with Gasteiger partial charge in [0.05, 0.1) is 12.8 Å². The third kappa shape index (κ3) is 6.39. The predicted octanol–water partition coefficient (Wildman–Crippen LogP) is 2.88. The monoisotopic (exact) mass is 437 g/mol. The van der Waals surface area contributed by atoms with Crippen LogP contribution < -0.4 is 20.3 Å². The number of benzene rings is 2. The summed E-state index contributed by atoms with van der Waals surface area (Å²) in [5.74, 6) is 1.59. The molecule has 1 aliphatic rings. The molecule has 7 nitrogen and oxygen atoms in total. The minimum absolute atomic E-state index is 0.0237. The van der Waals surface area contributed by atoms with E-state index in [0.717, 1.165) is 43.1 Å². The zero-order valence-electron chi connectivity index (χ0n) is 19.4. The highest BCUT2D eigenvalue weighted by atomic mass is 16.5. The number of nitrogens with one attached hydrogen (secondary N) is 2. The Morgan fingerprint density at radius 1 is 1.16 bits per heavy atom. The number of rotatable bonds is 9. The van der Waals surface area contributed by atoms with Crippen molar-refractivity contribution in [2.75, 3.05) is 44.7 Å². The highest BCUT2D eigenvalue weighted by Gasteiger charge is 2.25. The molecule has 0 aliphatic carbocycles. The molecule has 2 aromatic rings. The Labute approximate surface area is 191 Å². The number of guanidine groups is 1. The number of anilines is 1. The molecule has 1 aliphatic heterocycles. The molecule has 1 unspecified atom stereocenters. The fourth-order valence-corrected chi connectivity index (χ4v) is 3.93. The molecule has 0 spiro atoms. The fourth-order valence-electron chi connectivity index (χ4n) is 3.93. The van der Waals surface area contributed by atoms with Gasteiger partial charge in [-0.05, 0) is 38.0 Å². The van der Waals surface area contributed by atoms with Crippen molar-refractivity contribution in [2.45, 2.75) is 32.9 Å². The lowest BCUT2D eigenvalue weighted by molar-refractivity contribution is -0.130. The number of carbonyl (C=O) groups excluding carboxylic acids is 1. The molecule has 0 saturated carbocycles. The minimum Gasteiger partial charge on any atom is -0.495 e. The Balaban J connectivity index is 1.58. The molecule has 172 valence electrons. The molecule has 3 rings (SSSR count). The Morgan fingerprint density at radius 2 is 1.91 bits per heavy atom. The summed E-state index contributed by atoms with van der Waals surface area (Å²) in [6.45, 7) is 7.95. The lowest BCUT2D eigenvalue weighted by Crippen LogP contribution is -2.45. The van der Waals surface area contributed by atoms with Crippen molar-refractivity contribution in [3.05, 3.63) is 60.2 Å². The number of para-hydroxylation sites is 2. The zero-order chi connectivity index (χ0) is 22.8. The van der Waals surface area contributed by atoms with Gasteiger partial charge in [0.1, 0.15) is 12.3 Å². The third-order valence-electron chi connectivity index (χ3n) is 5.62. The summed E-state index contributed by atoms with van der Waals surface area (Å²) in [4.78, 5) is 21.5. The van der Waals surface area contributed by atoms with Crippen molar-refractivity contribution in [2.24, 2.45) is 4.99 Å². The predicted molar refractivity (Wildman–Crippen MR) is 130 cm³/mol. The second-order valence-corrected chi connectivity index (χ2v) is 7.84. The van der Waals surface area contributed by atoms with E-state index in [1.807, 2.05) is 67.3 Å². The molecular formula is C25H35N5O2. The molecule has 0 aromatic heterocycles. The summed E-state index contributed by atoms with van der Waals surface area (Å²) < 4.78 is 5.51. The number of aliphatic imine (C=N–C) groups is 1. The van der Waals surface area contributed by atoms with Crippen LogP contribution in [0.4, 0.5) is 5.69 Å². The first-order valence-electron chi connectivity index (χ1n) is 11.4. The maximum Gasteiger partial charge on any atom is 0.244 e. The Hall–Kier alpha value is -3.22. The van der Waals surface area contributed by atoms with Gasteiger partial charge in [-0.25, -0.2) is 4.99 Å². The fraction of sp³-hybridized carbons (Fsp3) is 0.440. The summed E-state index contributed by atoms with van der Waals surface area (Å²) in [5, 5.41) is 6.78. The van der Waals surface area contributed by atoms with Crippen molar-refractivity contribution >= 4 is 17.6 Å². The van der Waals surface area contributed by atoms with Gasteiger partial charge in [0, 0.05) is 38.8 Å². The van der Waals surface area contributed by atoms with Gasteiger partial charge >= 0.3 is 0 Å². The number of nitrogens with zero attached hydrogens (tertiary/aromatic N) is 3. The summed E-state index contributed by atoms with van der Waals surface area (Å²) >= 11 is 0. The van der Waals surface area contributed by atoms with Crippen LogP contribution in [-0.4, -0.2) is 62.6 Å². The lowest BCUT2D eigenvalue weighted by atomic mass is 10.2. The van der Waals surface area contributed by atoms with Gasteiger partial charge < -0.3 is 25.2 Å². The topological polar surface area (TPSA) is 69.2 Å². The quantitative estimate of drug-likeness (QED) is 0.466. The van der Waals surface area contributed by atoms with E-state index in [4.69, 9.17) is 4.74 Å².